The topological polar surface area (TPSA) is 59.6 Å². The molecule has 14 heavy (non-hydrogen) atoms. The SMILES string of the molecule is CCOCC(=O)NCC1CNCCO1. The van der Waals surface area contributed by atoms with Crippen LogP contribution in [-0.2, 0) is 14.3 Å². The molecule has 5 nitrogen and oxygen atoms in total. The number of amides is 1. The number of carbonyl (C=O) groups excluding carboxylic acids is 1. The quantitative estimate of drug-likeness (QED) is 0.608. The van der Waals surface area contributed by atoms with Crippen LogP contribution in [0.4, 0.5) is 0 Å². The van der Waals surface area contributed by atoms with E-state index in [2.05, 4.69) is 10.6 Å². The fourth-order valence-electron chi connectivity index (χ4n) is 1.22. The van der Waals surface area contributed by atoms with Gasteiger partial charge in [0, 0.05) is 26.2 Å². The molecule has 1 heterocycles. The molecule has 0 aromatic rings. The maximum Gasteiger partial charge on any atom is 0.246 e. The fraction of sp³-hybridized carbons (Fsp3) is 0.889. The van der Waals surface area contributed by atoms with Gasteiger partial charge >= 0.3 is 0 Å². The van der Waals surface area contributed by atoms with E-state index in [-0.39, 0.29) is 18.6 Å². The molecule has 0 radical (unpaired) electrons. The lowest BCUT2D eigenvalue weighted by Crippen LogP contribution is -2.45. The highest BCUT2D eigenvalue weighted by molar-refractivity contribution is 5.77. The molecular weight excluding hydrogens is 184 g/mol. The zero-order valence-electron chi connectivity index (χ0n) is 8.54. The summed E-state index contributed by atoms with van der Waals surface area (Å²) in [6, 6.07) is 0. The number of rotatable bonds is 5. The predicted octanol–water partition coefficient (Wildman–Crippen LogP) is -0.872. The van der Waals surface area contributed by atoms with Crippen molar-refractivity contribution in [2.75, 3.05) is 39.5 Å². The Balaban J connectivity index is 2.03. The monoisotopic (exact) mass is 202 g/mol. The lowest BCUT2D eigenvalue weighted by molar-refractivity contribution is -0.126. The van der Waals surface area contributed by atoms with Crippen molar-refractivity contribution in [2.24, 2.45) is 0 Å². The van der Waals surface area contributed by atoms with Crippen LogP contribution in [0.15, 0.2) is 0 Å². The molecule has 82 valence electrons. The minimum absolute atomic E-state index is 0.0824. The zero-order valence-corrected chi connectivity index (χ0v) is 8.54. The first-order valence-corrected chi connectivity index (χ1v) is 4.99. The summed E-state index contributed by atoms with van der Waals surface area (Å²) in [5, 5.41) is 5.95. The minimum atomic E-state index is -0.0824. The molecule has 0 saturated carbocycles. The van der Waals surface area contributed by atoms with Crippen LogP contribution in [0, 0.1) is 0 Å². The first-order chi connectivity index (χ1) is 6.83. The standard InChI is InChI=1S/C9H18N2O3/c1-2-13-7-9(12)11-6-8-5-10-3-4-14-8/h8,10H,2-7H2,1H3,(H,11,12). The van der Waals surface area contributed by atoms with E-state index in [4.69, 9.17) is 9.47 Å². The van der Waals surface area contributed by atoms with Gasteiger partial charge in [-0.15, -0.1) is 0 Å². The highest BCUT2D eigenvalue weighted by atomic mass is 16.5. The van der Waals surface area contributed by atoms with Gasteiger partial charge in [-0.25, -0.2) is 0 Å². The first kappa shape index (κ1) is 11.4. The molecule has 1 rings (SSSR count). The van der Waals surface area contributed by atoms with Crippen molar-refractivity contribution in [3.63, 3.8) is 0 Å². The highest BCUT2D eigenvalue weighted by Crippen LogP contribution is 1.93. The van der Waals surface area contributed by atoms with Crippen molar-refractivity contribution >= 4 is 5.91 Å². The van der Waals surface area contributed by atoms with Crippen LogP contribution in [0.5, 0.6) is 0 Å². The van der Waals surface area contributed by atoms with Crippen molar-refractivity contribution < 1.29 is 14.3 Å². The summed E-state index contributed by atoms with van der Waals surface area (Å²) < 4.78 is 10.4. The Morgan fingerprint density at radius 1 is 1.71 bits per heavy atom. The third-order valence-corrected chi connectivity index (χ3v) is 1.97. The highest BCUT2D eigenvalue weighted by Gasteiger charge is 2.13. The van der Waals surface area contributed by atoms with Crippen LogP contribution < -0.4 is 10.6 Å². The third-order valence-electron chi connectivity index (χ3n) is 1.97. The maximum absolute atomic E-state index is 11.1. The van der Waals surface area contributed by atoms with E-state index in [1.807, 2.05) is 6.92 Å². The molecule has 2 N–H and O–H groups in total. The fourth-order valence-corrected chi connectivity index (χ4v) is 1.22. The molecule has 0 aromatic heterocycles. The summed E-state index contributed by atoms with van der Waals surface area (Å²) in [6.07, 6.45) is 0.0920. The van der Waals surface area contributed by atoms with E-state index >= 15 is 0 Å². The van der Waals surface area contributed by atoms with Crippen LogP contribution >= 0.6 is 0 Å². The largest absolute Gasteiger partial charge is 0.374 e. The molecule has 1 aliphatic heterocycles. The van der Waals surface area contributed by atoms with Crippen molar-refractivity contribution in [3.8, 4) is 0 Å². The second kappa shape index (κ2) is 6.75. The Morgan fingerprint density at radius 2 is 2.57 bits per heavy atom. The van der Waals surface area contributed by atoms with Gasteiger partial charge in [0.05, 0.1) is 12.7 Å². The van der Waals surface area contributed by atoms with Gasteiger partial charge < -0.3 is 20.1 Å². The lowest BCUT2D eigenvalue weighted by atomic mass is 10.3. The number of carbonyl (C=O) groups is 1. The number of ether oxygens (including phenoxy) is 2. The molecule has 1 fully saturated rings. The van der Waals surface area contributed by atoms with Crippen LogP contribution in [0.25, 0.3) is 0 Å². The molecule has 5 heteroatoms. The summed E-state index contributed by atoms with van der Waals surface area (Å²) >= 11 is 0. The Morgan fingerprint density at radius 3 is 3.21 bits per heavy atom. The number of morpholine rings is 1. The van der Waals surface area contributed by atoms with Crippen LogP contribution in [0.3, 0.4) is 0 Å². The number of nitrogens with one attached hydrogen (secondary N) is 2. The van der Waals surface area contributed by atoms with Gasteiger partial charge in [0.15, 0.2) is 0 Å². The Hall–Kier alpha value is -0.650. The van der Waals surface area contributed by atoms with Gasteiger partial charge in [-0.3, -0.25) is 4.79 Å². The molecule has 0 bridgehead atoms. The summed E-state index contributed by atoms with van der Waals surface area (Å²) in [6.45, 7) is 5.52. The second-order valence-electron chi connectivity index (χ2n) is 3.14. The average Bonchev–Trinajstić information content (AvgIpc) is 2.25. The van der Waals surface area contributed by atoms with E-state index < -0.39 is 0 Å². The summed E-state index contributed by atoms with van der Waals surface area (Å²) in [5.74, 6) is -0.0824. The van der Waals surface area contributed by atoms with Crippen molar-refractivity contribution in [2.45, 2.75) is 13.0 Å². The lowest BCUT2D eigenvalue weighted by Gasteiger charge is -2.23. The average molecular weight is 202 g/mol. The molecule has 0 aromatic carbocycles. The molecule has 1 atom stereocenters. The van der Waals surface area contributed by atoms with E-state index in [0.29, 0.717) is 19.8 Å². The molecule has 0 spiro atoms. The third kappa shape index (κ3) is 4.55. The van der Waals surface area contributed by atoms with Crippen molar-refractivity contribution in [1.29, 1.82) is 0 Å². The normalized spacial score (nSPS) is 21.9. The molecule has 1 aliphatic rings. The first-order valence-electron chi connectivity index (χ1n) is 4.99. The molecule has 1 unspecified atom stereocenters. The zero-order chi connectivity index (χ0) is 10.2. The van der Waals surface area contributed by atoms with Crippen LogP contribution in [0.1, 0.15) is 6.92 Å². The van der Waals surface area contributed by atoms with E-state index in [0.717, 1.165) is 13.1 Å². The smallest absolute Gasteiger partial charge is 0.246 e. The van der Waals surface area contributed by atoms with Gasteiger partial charge in [-0.05, 0) is 6.92 Å². The van der Waals surface area contributed by atoms with E-state index in [9.17, 15) is 4.79 Å². The predicted molar refractivity (Wildman–Crippen MR) is 52.1 cm³/mol. The Labute approximate surface area is 84.1 Å². The van der Waals surface area contributed by atoms with Crippen LogP contribution in [-0.4, -0.2) is 51.5 Å². The minimum Gasteiger partial charge on any atom is -0.374 e. The summed E-state index contributed by atoms with van der Waals surface area (Å²) in [4.78, 5) is 11.1. The van der Waals surface area contributed by atoms with Crippen molar-refractivity contribution in [1.82, 2.24) is 10.6 Å². The number of hydrogen-bond donors (Lipinski definition) is 2. The molecule has 1 saturated heterocycles. The van der Waals surface area contributed by atoms with Gasteiger partial charge in [0.1, 0.15) is 6.61 Å². The summed E-state index contributed by atoms with van der Waals surface area (Å²) in [7, 11) is 0. The Bertz CT molecular complexity index is 169. The van der Waals surface area contributed by atoms with Crippen molar-refractivity contribution in [3.05, 3.63) is 0 Å². The summed E-state index contributed by atoms with van der Waals surface area (Å²) in [5.41, 5.74) is 0. The van der Waals surface area contributed by atoms with E-state index in [1.165, 1.54) is 0 Å². The van der Waals surface area contributed by atoms with Gasteiger partial charge in [0.2, 0.25) is 5.91 Å². The number of hydrogen-bond acceptors (Lipinski definition) is 4. The van der Waals surface area contributed by atoms with Gasteiger partial charge in [-0.2, -0.15) is 0 Å². The second-order valence-corrected chi connectivity index (χ2v) is 3.14. The maximum atomic E-state index is 11.1. The Kier molecular flexibility index (Phi) is 5.51. The van der Waals surface area contributed by atoms with Crippen LogP contribution in [0.2, 0.25) is 0 Å². The molecule has 0 aliphatic carbocycles. The molecular formula is C9H18N2O3. The van der Waals surface area contributed by atoms with Gasteiger partial charge in [-0.1, -0.05) is 0 Å². The van der Waals surface area contributed by atoms with Gasteiger partial charge in [0.25, 0.3) is 0 Å². The molecule has 1 amide bonds. The van der Waals surface area contributed by atoms with E-state index in [1.54, 1.807) is 0 Å².